The SMILES string of the molecule is N#CC1CCN(c2ccc(NC(=O)OCc3ccccc3)cc2F)CC1. The van der Waals surface area contributed by atoms with Crippen LogP contribution in [0.25, 0.3) is 0 Å². The van der Waals surface area contributed by atoms with Crippen LogP contribution in [0.3, 0.4) is 0 Å². The Hall–Kier alpha value is -3.07. The van der Waals surface area contributed by atoms with Crippen LogP contribution in [-0.2, 0) is 11.3 Å². The average Bonchev–Trinajstić information content (AvgIpc) is 2.67. The quantitative estimate of drug-likeness (QED) is 0.889. The van der Waals surface area contributed by atoms with E-state index < -0.39 is 11.9 Å². The average molecular weight is 353 g/mol. The molecule has 2 aromatic carbocycles. The first-order valence-electron chi connectivity index (χ1n) is 8.57. The fraction of sp³-hybridized carbons (Fsp3) is 0.300. The molecule has 0 spiro atoms. The van der Waals surface area contributed by atoms with Crippen molar-refractivity contribution in [1.82, 2.24) is 0 Å². The number of piperidine rings is 1. The van der Waals surface area contributed by atoms with Crippen LogP contribution < -0.4 is 10.2 Å². The summed E-state index contributed by atoms with van der Waals surface area (Å²) in [5, 5.41) is 11.5. The molecular weight excluding hydrogens is 333 g/mol. The predicted molar refractivity (Wildman–Crippen MR) is 97.2 cm³/mol. The Morgan fingerprint density at radius 1 is 1.23 bits per heavy atom. The molecule has 1 saturated heterocycles. The topological polar surface area (TPSA) is 65.4 Å². The van der Waals surface area contributed by atoms with Gasteiger partial charge in [-0.25, -0.2) is 9.18 Å². The summed E-state index contributed by atoms with van der Waals surface area (Å²) < 4.78 is 19.5. The van der Waals surface area contributed by atoms with Crippen LogP contribution in [0, 0.1) is 23.1 Å². The highest BCUT2D eigenvalue weighted by molar-refractivity contribution is 5.85. The van der Waals surface area contributed by atoms with Crippen molar-refractivity contribution in [3.05, 3.63) is 59.9 Å². The van der Waals surface area contributed by atoms with Crippen molar-refractivity contribution in [2.45, 2.75) is 19.4 Å². The lowest BCUT2D eigenvalue weighted by Gasteiger charge is -2.31. The Kier molecular flexibility index (Phi) is 5.69. The van der Waals surface area contributed by atoms with Gasteiger partial charge < -0.3 is 9.64 Å². The van der Waals surface area contributed by atoms with Crippen LogP contribution in [-0.4, -0.2) is 19.2 Å². The number of rotatable bonds is 4. The zero-order valence-electron chi connectivity index (χ0n) is 14.3. The molecule has 2 aromatic rings. The number of benzene rings is 2. The number of nitrogens with one attached hydrogen (secondary N) is 1. The van der Waals surface area contributed by atoms with E-state index in [0.29, 0.717) is 24.5 Å². The molecule has 5 nitrogen and oxygen atoms in total. The molecule has 0 radical (unpaired) electrons. The number of nitriles is 1. The van der Waals surface area contributed by atoms with Gasteiger partial charge in [-0.3, -0.25) is 5.32 Å². The number of ether oxygens (including phenoxy) is 1. The largest absolute Gasteiger partial charge is 0.444 e. The van der Waals surface area contributed by atoms with Gasteiger partial charge in [-0.05, 0) is 36.6 Å². The molecule has 1 N–H and O–H groups in total. The summed E-state index contributed by atoms with van der Waals surface area (Å²) in [6.07, 6.45) is 0.847. The Balaban J connectivity index is 1.55. The highest BCUT2D eigenvalue weighted by Crippen LogP contribution is 2.27. The minimum absolute atomic E-state index is 0.0506. The van der Waals surface area contributed by atoms with Crippen LogP contribution >= 0.6 is 0 Å². The molecule has 0 unspecified atom stereocenters. The van der Waals surface area contributed by atoms with Crippen molar-refractivity contribution in [3.8, 4) is 6.07 Å². The lowest BCUT2D eigenvalue weighted by atomic mass is 9.98. The molecule has 26 heavy (non-hydrogen) atoms. The van der Waals surface area contributed by atoms with E-state index in [1.54, 1.807) is 12.1 Å². The van der Waals surface area contributed by atoms with Crippen LogP contribution in [0.1, 0.15) is 18.4 Å². The Bertz CT molecular complexity index is 796. The van der Waals surface area contributed by atoms with Gasteiger partial charge in [0.05, 0.1) is 11.8 Å². The molecule has 0 atom stereocenters. The van der Waals surface area contributed by atoms with Crippen LogP contribution in [0.2, 0.25) is 0 Å². The van der Waals surface area contributed by atoms with E-state index in [1.165, 1.54) is 6.07 Å². The van der Waals surface area contributed by atoms with E-state index in [2.05, 4.69) is 11.4 Å². The molecule has 134 valence electrons. The van der Waals surface area contributed by atoms with Gasteiger partial charge in [0.2, 0.25) is 0 Å². The summed E-state index contributed by atoms with van der Waals surface area (Å²) in [5.74, 6) is -0.351. The minimum Gasteiger partial charge on any atom is -0.444 e. The zero-order chi connectivity index (χ0) is 18.4. The standard InChI is InChI=1S/C20H20FN3O2/c21-18-12-17(23-20(25)26-14-16-4-2-1-3-5-16)6-7-19(18)24-10-8-15(13-22)9-11-24/h1-7,12,15H,8-11,14H2,(H,23,25). The van der Waals surface area contributed by atoms with E-state index in [9.17, 15) is 9.18 Å². The third-order valence-corrected chi connectivity index (χ3v) is 4.43. The van der Waals surface area contributed by atoms with Crippen LogP contribution in [0.5, 0.6) is 0 Å². The Morgan fingerprint density at radius 3 is 2.62 bits per heavy atom. The van der Waals surface area contributed by atoms with Gasteiger partial charge in [0.15, 0.2) is 0 Å². The number of hydrogen-bond acceptors (Lipinski definition) is 4. The second-order valence-corrected chi connectivity index (χ2v) is 6.24. The number of carbonyl (C=O) groups excluding carboxylic acids is 1. The molecular formula is C20H20FN3O2. The van der Waals surface area contributed by atoms with E-state index in [4.69, 9.17) is 10.00 Å². The molecule has 1 aliphatic rings. The maximum absolute atomic E-state index is 14.4. The monoisotopic (exact) mass is 353 g/mol. The first kappa shape index (κ1) is 17.7. The molecule has 1 heterocycles. The third kappa shape index (κ3) is 4.51. The van der Waals surface area contributed by atoms with Gasteiger partial charge in [0.1, 0.15) is 12.4 Å². The molecule has 3 rings (SSSR count). The first-order chi connectivity index (χ1) is 12.7. The molecule has 0 aromatic heterocycles. The Morgan fingerprint density at radius 2 is 1.96 bits per heavy atom. The molecule has 6 heteroatoms. The first-order valence-corrected chi connectivity index (χ1v) is 8.57. The van der Waals surface area contributed by atoms with Crippen molar-refractivity contribution in [2.24, 2.45) is 5.92 Å². The zero-order valence-corrected chi connectivity index (χ0v) is 14.3. The summed E-state index contributed by atoms with van der Waals surface area (Å²) in [5.41, 5.74) is 1.71. The maximum Gasteiger partial charge on any atom is 0.411 e. The van der Waals surface area contributed by atoms with Gasteiger partial charge >= 0.3 is 6.09 Å². The fourth-order valence-electron chi connectivity index (χ4n) is 2.97. The summed E-state index contributed by atoms with van der Waals surface area (Å²) >= 11 is 0. The molecule has 1 fully saturated rings. The lowest BCUT2D eigenvalue weighted by molar-refractivity contribution is 0.155. The summed E-state index contributed by atoms with van der Waals surface area (Å²) in [6.45, 7) is 1.46. The molecule has 0 aliphatic carbocycles. The van der Waals surface area contributed by atoms with Gasteiger partial charge in [-0.1, -0.05) is 30.3 Å². The van der Waals surface area contributed by atoms with Gasteiger partial charge in [0, 0.05) is 24.7 Å². The molecule has 0 bridgehead atoms. The van der Waals surface area contributed by atoms with Crippen LogP contribution in [0.4, 0.5) is 20.6 Å². The Labute approximate surface area is 152 Å². The smallest absolute Gasteiger partial charge is 0.411 e. The highest BCUT2D eigenvalue weighted by atomic mass is 19.1. The second kappa shape index (κ2) is 8.34. The van der Waals surface area contributed by atoms with Crippen molar-refractivity contribution in [1.29, 1.82) is 5.26 Å². The van der Waals surface area contributed by atoms with Gasteiger partial charge in [-0.2, -0.15) is 5.26 Å². The second-order valence-electron chi connectivity index (χ2n) is 6.24. The van der Waals surface area contributed by atoms with Crippen molar-refractivity contribution in [3.63, 3.8) is 0 Å². The normalized spacial score (nSPS) is 14.5. The molecule has 1 aliphatic heterocycles. The third-order valence-electron chi connectivity index (χ3n) is 4.43. The number of anilines is 2. The number of halogens is 1. The van der Waals surface area contributed by atoms with E-state index in [1.807, 2.05) is 35.2 Å². The number of nitrogens with zero attached hydrogens (tertiary/aromatic N) is 2. The van der Waals surface area contributed by atoms with Crippen LogP contribution in [0.15, 0.2) is 48.5 Å². The van der Waals surface area contributed by atoms with Gasteiger partial charge in [0.25, 0.3) is 0 Å². The predicted octanol–water partition coefficient (Wildman–Crippen LogP) is 4.31. The highest BCUT2D eigenvalue weighted by Gasteiger charge is 2.21. The summed E-state index contributed by atoms with van der Waals surface area (Å²) in [4.78, 5) is 13.8. The minimum atomic E-state index is -0.629. The van der Waals surface area contributed by atoms with E-state index in [0.717, 1.165) is 18.4 Å². The molecule has 0 saturated carbocycles. The van der Waals surface area contributed by atoms with E-state index in [-0.39, 0.29) is 12.5 Å². The number of hydrogen-bond donors (Lipinski definition) is 1. The fourth-order valence-corrected chi connectivity index (χ4v) is 2.97. The van der Waals surface area contributed by atoms with Crippen molar-refractivity contribution in [2.75, 3.05) is 23.3 Å². The van der Waals surface area contributed by atoms with Crippen molar-refractivity contribution >= 4 is 17.5 Å². The number of amides is 1. The molecule has 1 amide bonds. The summed E-state index contributed by atoms with van der Waals surface area (Å²) in [6, 6.07) is 16.2. The van der Waals surface area contributed by atoms with E-state index >= 15 is 0 Å². The van der Waals surface area contributed by atoms with Crippen molar-refractivity contribution < 1.29 is 13.9 Å². The lowest BCUT2D eigenvalue weighted by Crippen LogP contribution is -2.33. The number of carbonyl (C=O) groups is 1. The maximum atomic E-state index is 14.4. The van der Waals surface area contributed by atoms with Gasteiger partial charge in [-0.15, -0.1) is 0 Å². The summed E-state index contributed by atoms with van der Waals surface area (Å²) in [7, 11) is 0.